The van der Waals surface area contributed by atoms with Crippen LogP contribution in [-0.4, -0.2) is 10.1 Å². The summed E-state index contributed by atoms with van der Waals surface area (Å²) in [6.45, 7) is 1.74. The lowest BCUT2D eigenvalue weighted by Crippen LogP contribution is -1.95. The second-order valence-corrected chi connectivity index (χ2v) is 4.03. The molecule has 0 aliphatic heterocycles. The summed E-state index contributed by atoms with van der Waals surface area (Å²) in [5.41, 5.74) is 1.46. The highest BCUT2D eigenvalue weighted by molar-refractivity contribution is 6.32. The van der Waals surface area contributed by atoms with Crippen molar-refractivity contribution < 1.29 is 9.84 Å². The lowest BCUT2D eigenvalue weighted by Gasteiger charge is -2.11. The zero-order chi connectivity index (χ0) is 12.3. The van der Waals surface area contributed by atoms with Gasteiger partial charge in [0.05, 0.1) is 11.6 Å². The molecule has 1 heterocycles. The predicted molar refractivity (Wildman–Crippen MR) is 66.4 cm³/mol. The number of pyridine rings is 1. The number of aryl methyl sites for hydroxylation is 1. The van der Waals surface area contributed by atoms with Gasteiger partial charge in [-0.25, -0.2) is 0 Å². The van der Waals surface area contributed by atoms with Gasteiger partial charge in [0.1, 0.15) is 11.5 Å². The Hall–Kier alpha value is -1.58. The van der Waals surface area contributed by atoms with E-state index in [1.54, 1.807) is 24.4 Å². The van der Waals surface area contributed by atoms with Crippen molar-refractivity contribution in [2.75, 3.05) is 0 Å². The first kappa shape index (κ1) is 11.9. The van der Waals surface area contributed by atoms with Gasteiger partial charge >= 0.3 is 0 Å². The van der Waals surface area contributed by atoms with Crippen LogP contribution in [0.2, 0.25) is 5.02 Å². The van der Waals surface area contributed by atoms with E-state index in [0.29, 0.717) is 22.1 Å². The number of ether oxygens (including phenoxy) is 1. The van der Waals surface area contributed by atoms with Crippen molar-refractivity contribution in [3.8, 4) is 11.5 Å². The molecule has 2 rings (SSSR count). The molecule has 17 heavy (non-hydrogen) atoms. The first-order chi connectivity index (χ1) is 8.20. The Balaban J connectivity index is 2.35. The normalized spacial score (nSPS) is 10.3. The molecular weight excluding hydrogens is 238 g/mol. The van der Waals surface area contributed by atoms with Crippen LogP contribution in [0.3, 0.4) is 0 Å². The van der Waals surface area contributed by atoms with E-state index in [9.17, 15) is 5.11 Å². The van der Waals surface area contributed by atoms with Crippen LogP contribution < -0.4 is 4.74 Å². The highest BCUT2D eigenvalue weighted by atomic mass is 35.5. The topological polar surface area (TPSA) is 42.4 Å². The molecule has 2 aromatic rings. The van der Waals surface area contributed by atoms with E-state index in [-0.39, 0.29) is 6.61 Å². The lowest BCUT2D eigenvalue weighted by molar-refractivity contribution is 0.276. The fraction of sp³-hybridized carbons (Fsp3) is 0.154. The van der Waals surface area contributed by atoms with E-state index in [0.717, 1.165) is 5.69 Å². The highest BCUT2D eigenvalue weighted by Gasteiger charge is 2.07. The summed E-state index contributed by atoms with van der Waals surface area (Å²) in [6.07, 6.45) is 1.60. The number of para-hydroxylation sites is 1. The fourth-order valence-electron chi connectivity index (χ4n) is 1.42. The molecule has 0 fully saturated rings. The Kier molecular flexibility index (Phi) is 3.61. The summed E-state index contributed by atoms with van der Waals surface area (Å²) in [5.74, 6) is 1.14. The van der Waals surface area contributed by atoms with Gasteiger partial charge in [-0.3, -0.25) is 4.98 Å². The molecule has 0 spiro atoms. The summed E-state index contributed by atoms with van der Waals surface area (Å²) < 4.78 is 5.68. The van der Waals surface area contributed by atoms with E-state index in [1.807, 2.05) is 19.1 Å². The van der Waals surface area contributed by atoms with Crippen molar-refractivity contribution in [3.63, 3.8) is 0 Å². The molecule has 0 unspecified atom stereocenters. The summed E-state index contributed by atoms with van der Waals surface area (Å²) in [6, 6.07) is 8.98. The van der Waals surface area contributed by atoms with Gasteiger partial charge in [0.2, 0.25) is 0 Å². The number of aliphatic hydroxyl groups is 1. The molecule has 0 radical (unpaired) electrons. The summed E-state index contributed by atoms with van der Waals surface area (Å²) in [5, 5.41) is 9.74. The van der Waals surface area contributed by atoms with Gasteiger partial charge < -0.3 is 9.84 Å². The number of aliphatic hydroxyl groups excluding tert-OH is 1. The first-order valence-electron chi connectivity index (χ1n) is 5.19. The van der Waals surface area contributed by atoms with E-state index < -0.39 is 0 Å². The van der Waals surface area contributed by atoms with Gasteiger partial charge in [-0.15, -0.1) is 0 Å². The van der Waals surface area contributed by atoms with Crippen molar-refractivity contribution in [1.29, 1.82) is 0 Å². The van der Waals surface area contributed by atoms with Crippen LogP contribution in [0.25, 0.3) is 0 Å². The van der Waals surface area contributed by atoms with Crippen LogP contribution in [0, 0.1) is 6.92 Å². The van der Waals surface area contributed by atoms with E-state index in [2.05, 4.69) is 4.98 Å². The number of hydrogen-bond acceptors (Lipinski definition) is 3. The quantitative estimate of drug-likeness (QED) is 0.907. The molecule has 0 bridgehead atoms. The minimum Gasteiger partial charge on any atom is -0.455 e. The lowest BCUT2D eigenvalue weighted by atomic mass is 10.2. The van der Waals surface area contributed by atoms with Crippen molar-refractivity contribution in [2.24, 2.45) is 0 Å². The number of halogens is 1. The Morgan fingerprint density at radius 2 is 2.06 bits per heavy atom. The van der Waals surface area contributed by atoms with Crippen molar-refractivity contribution in [1.82, 2.24) is 4.98 Å². The summed E-state index contributed by atoms with van der Waals surface area (Å²) >= 11 is 6.01. The zero-order valence-electron chi connectivity index (χ0n) is 9.35. The van der Waals surface area contributed by atoms with Gasteiger partial charge in [-0.2, -0.15) is 0 Å². The van der Waals surface area contributed by atoms with Crippen LogP contribution in [-0.2, 0) is 6.61 Å². The van der Waals surface area contributed by atoms with Crippen molar-refractivity contribution in [3.05, 3.63) is 52.8 Å². The molecule has 1 aromatic heterocycles. The Morgan fingerprint density at radius 3 is 2.76 bits per heavy atom. The van der Waals surface area contributed by atoms with E-state index in [4.69, 9.17) is 16.3 Å². The second-order valence-electron chi connectivity index (χ2n) is 3.62. The smallest absolute Gasteiger partial charge is 0.146 e. The maximum Gasteiger partial charge on any atom is 0.146 e. The van der Waals surface area contributed by atoms with Crippen LogP contribution in [0.5, 0.6) is 11.5 Å². The molecule has 0 aliphatic carbocycles. The highest BCUT2D eigenvalue weighted by Crippen LogP contribution is 2.30. The first-order valence-corrected chi connectivity index (χ1v) is 5.57. The van der Waals surface area contributed by atoms with Crippen LogP contribution >= 0.6 is 11.6 Å². The summed E-state index contributed by atoms with van der Waals surface area (Å²) in [7, 11) is 0. The molecule has 1 aromatic carbocycles. The molecular formula is C13H12ClNO2. The molecule has 0 amide bonds. The molecule has 88 valence electrons. The number of hydrogen-bond donors (Lipinski definition) is 1. The monoisotopic (exact) mass is 249 g/mol. The molecule has 0 saturated carbocycles. The Morgan fingerprint density at radius 1 is 1.29 bits per heavy atom. The van der Waals surface area contributed by atoms with Crippen LogP contribution in [0.1, 0.15) is 11.3 Å². The average molecular weight is 250 g/mol. The number of aromatic nitrogens is 1. The minimum atomic E-state index is -0.118. The predicted octanol–water partition coefficient (Wildman–Crippen LogP) is 3.33. The van der Waals surface area contributed by atoms with E-state index >= 15 is 0 Å². The molecule has 0 saturated heterocycles. The molecule has 3 nitrogen and oxygen atoms in total. The third-order valence-corrected chi connectivity index (χ3v) is 2.62. The Bertz CT molecular complexity index is 529. The largest absolute Gasteiger partial charge is 0.455 e. The van der Waals surface area contributed by atoms with Gasteiger partial charge in [0, 0.05) is 23.5 Å². The maximum atomic E-state index is 9.20. The third-order valence-electron chi connectivity index (χ3n) is 2.31. The van der Waals surface area contributed by atoms with Gasteiger partial charge in [0.15, 0.2) is 0 Å². The van der Waals surface area contributed by atoms with Crippen LogP contribution in [0.4, 0.5) is 0 Å². The van der Waals surface area contributed by atoms with Crippen LogP contribution in [0.15, 0.2) is 36.5 Å². The summed E-state index contributed by atoms with van der Waals surface area (Å²) in [4.78, 5) is 4.10. The van der Waals surface area contributed by atoms with Crippen molar-refractivity contribution in [2.45, 2.75) is 13.5 Å². The molecule has 0 atom stereocenters. The SMILES string of the molecule is Cc1cc(Oc2ccccc2Cl)c(CO)cn1. The van der Waals surface area contributed by atoms with Crippen molar-refractivity contribution >= 4 is 11.6 Å². The van der Waals surface area contributed by atoms with Gasteiger partial charge in [-0.1, -0.05) is 23.7 Å². The third kappa shape index (κ3) is 2.75. The van der Waals surface area contributed by atoms with Gasteiger partial charge in [-0.05, 0) is 19.1 Å². The fourth-order valence-corrected chi connectivity index (χ4v) is 1.60. The molecule has 0 aliphatic rings. The standard InChI is InChI=1S/C13H12ClNO2/c1-9-6-13(10(8-16)7-15-9)17-12-5-3-2-4-11(12)14/h2-7,16H,8H2,1H3. The Labute approximate surface area is 105 Å². The van der Waals surface area contributed by atoms with E-state index in [1.165, 1.54) is 0 Å². The average Bonchev–Trinajstić information content (AvgIpc) is 2.32. The van der Waals surface area contributed by atoms with Gasteiger partial charge in [0.25, 0.3) is 0 Å². The molecule has 4 heteroatoms. The minimum absolute atomic E-state index is 0.118. The molecule has 1 N–H and O–H groups in total. The second kappa shape index (κ2) is 5.17. The number of benzene rings is 1. The maximum absolute atomic E-state index is 9.20. The number of nitrogens with zero attached hydrogens (tertiary/aromatic N) is 1. The zero-order valence-corrected chi connectivity index (χ0v) is 10.1. The number of rotatable bonds is 3.